The van der Waals surface area contributed by atoms with Crippen molar-refractivity contribution in [2.24, 2.45) is 0 Å². The van der Waals surface area contributed by atoms with Crippen LogP contribution in [0.15, 0.2) is 33.5 Å². The number of nitrogen functional groups attached to an aromatic ring is 1. The second kappa shape index (κ2) is 5.16. The van der Waals surface area contributed by atoms with E-state index in [2.05, 4.69) is 14.9 Å². The molecule has 0 spiro atoms. The van der Waals surface area contributed by atoms with Crippen LogP contribution in [0.25, 0.3) is 0 Å². The lowest BCUT2D eigenvalue weighted by Gasteiger charge is -2.13. The molecule has 2 rings (SSSR count). The molecule has 0 aliphatic carbocycles. The lowest BCUT2D eigenvalue weighted by Crippen LogP contribution is -2.12. The van der Waals surface area contributed by atoms with Crippen molar-refractivity contribution in [2.75, 3.05) is 10.5 Å². The molecular weight excluding hydrogens is 328 g/mol. The highest BCUT2D eigenvalue weighted by molar-refractivity contribution is 8.20. The van der Waals surface area contributed by atoms with E-state index >= 15 is 0 Å². The average Bonchev–Trinajstić information content (AvgIpc) is 2.77. The van der Waals surface area contributed by atoms with Crippen molar-refractivity contribution in [1.82, 2.24) is 10.2 Å². The number of aromatic nitrogens is 2. The fourth-order valence-corrected chi connectivity index (χ4v) is 3.72. The van der Waals surface area contributed by atoms with Gasteiger partial charge in [0, 0.05) is 5.69 Å². The van der Waals surface area contributed by atoms with Crippen LogP contribution in [0, 0.1) is 0 Å². The number of rotatable bonds is 4. The number of benzene rings is 1. The molecule has 0 saturated carbocycles. The monoisotopic (exact) mass is 338 g/mol. The number of hydrogen-bond acceptors (Lipinski definition) is 9. The predicted octanol–water partition coefficient (Wildman–Crippen LogP) is 1.50. The number of hydrogen-bond donors (Lipinski definition) is 5. The van der Waals surface area contributed by atoms with E-state index in [0.717, 1.165) is 0 Å². The number of nitrogens with one attached hydrogen (secondary N) is 1. The van der Waals surface area contributed by atoms with Crippen LogP contribution in [-0.4, -0.2) is 32.3 Å². The summed E-state index contributed by atoms with van der Waals surface area (Å²) in [6.07, 6.45) is 0. The average molecular weight is 338 g/mol. The van der Waals surface area contributed by atoms with Crippen molar-refractivity contribution < 1.29 is 22.1 Å². The van der Waals surface area contributed by atoms with Crippen LogP contribution in [0.2, 0.25) is 0 Å². The summed E-state index contributed by atoms with van der Waals surface area (Å²) in [5.41, 5.74) is 5.87. The van der Waals surface area contributed by atoms with E-state index in [9.17, 15) is 8.42 Å². The summed E-state index contributed by atoms with van der Waals surface area (Å²) in [6, 6.07) is 5.45. The molecule has 0 saturated heterocycles. The fourth-order valence-electron chi connectivity index (χ4n) is 1.18. The van der Waals surface area contributed by atoms with Gasteiger partial charge in [0.05, 0.1) is 4.90 Å². The highest BCUT2D eigenvalue weighted by atomic mass is 32.3. The van der Waals surface area contributed by atoms with Gasteiger partial charge in [-0.05, 0) is 24.3 Å². The van der Waals surface area contributed by atoms with E-state index in [1.807, 2.05) is 0 Å². The number of anilines is 2. The van der Waals surface area contributed by atoms with Gasteiger partial charge in [-0.3, -0.25) is 4.72 Å². The first-order valence-electron chi connectivity index (χ1n) is 4.91. The molecule has 0 bridgehead atoms. The van der Waals surface area contributed by atoms with E-state index in [1.54, 1.807) is 0 Å². The third-order valence-electron chi connectivity index (χ3n) is 2.05. The molecule has 0 amide bonds. The molecule has 2 aromatic rings. The maximum Gasteiger partial charge on any atom is 0.263 e. The molecule has 1 aromatic carbocycles. The van der Waals surface area contributed by atoms with E-state index in [1.165, 1.54) is 24.3 Å². The summed E-state index contributed by atoms with van der Waals surface area (Å²) < 4.78 is 52.5. The maximum absolute atomic E-state index is 12.0. The molecule has 6 N–H and O–H groups in total. The number of nitrogens with zero attached hydrogens (tertiary/aromatic N) is 2. The van der Waals surface area contributed by atoms with Crippen LogP contribution >= 0.6 is 22.2 Å². The Bertz CT molecular complexity index is 706. The van der Waals surface area contributed by atoms with Gasteiger partial charge in [-0.2, -0.15) is 0 Å². The topological polar surface area (TPSA) is 159 Å². The zero-order valence-electron chi connectivity index (χ0n) is 9.66. The van der Waals surface area contributed by atoms with Gasteiger partial charge in [0.2, 0.25) is 9.47 Å². The Morgan fingerprint density at radius 2 is 1.70 bits per heavy atom. The minimum Gasteiger partial charge on any atom is -0.399 e. The van der Waals surface area contributed by atoms with Crippen molar-refractivity contribution in [3.63, 3.8) is 0 Å². The maximum atomic E-state index is 12.0. The Labute approximate surface area is 119 Å². The van der Waals surface area contributed by atoms with Crippen LogP contribution in [0.5, 0.6) is 0 Å². The lowest BCUT2D eigenvalue weighted by atomic mass is 10.3. The minimum absolute atomic E-state index is 0.0425. The van der Waals surface area contributed by atoms with Gasteiger partial charge in [0.25, 0.3) is 10.0 Å². The van der Waals surface area contributed by atoms with Gasteiger partial charge >= 0.3 is 0 Å². The highest BCUT2D eigenvalue weighted by Crippen LogP contribution is 2.45. The largest absolute Gasteiger partial charge is 0.399 e. The van der Waals surface area contributed by atoms with Gasteiger partial charge in [0.15, 0.2) is 0 Å². The number of sulfonamides is 1. The van der Waals surface area contributed by atoms with Gasteiger partial charge in [-0.25, -0.2) is 8.42 Å². The Morgan fingerprint density at radius 3 is 2.20 bits per heavy atom. The Hall–Kier alpha value is -1.44. The van der Waals surface area contributed by atoms with E-state index in [0.29, 0.717) is 17.0 Å². The zero-order valence-corrected chi connectivity index (χ0v) is 12.1. The minimum atomic E-state index is -4.01. The molecule has 0 aliphatic heterocycles. The third kappa shape index (κ3) is 3.36. The molecule has 110 valence electrons. The Balaban J connectivity index is 2.25. The standard InChI is InChI=1S/C8H10N4O5S3/c9-5-1-3-6(4-2-5)19(13,14)12-7-10-11-8(18-7)20(15,16)17/h1-4,15-17H,9H2,(H,10,12). The van der Waals surface area contributed by atoms with E-state index < -0.39 is 25.2 Å². The van der Waals surface area contributed by atoms with E-state index in [-0.39, 0.29) is 10.0 Å². The molecule has 0 atom stereocenters. The van der Waals surface area contributed by atoms with Crippen molar-refractivity contribution >= 4 is 43.0 Å². The summed E-state index contributed by atoms with van der Waals surface area (Å²) >= 11 is 0.514. The Kier molecular flexibility index (Phi) is 3.86. The summed E-state index contributed by atoms with van der Waals surface area (Å²) in [5, 5.41) is 6.49. The van der Waals surface area contributed by atoms with Crippen LogP contribution < -0.4 is 10.5 Å². The normalized spacial score (nSPS) is 13.2. The molecule has 9 nitrogen and oxygen atoms in total. The first-order valence-corrected chi connectivity index (χ1v) is 8.71. The van der Waals surface area contributed by atoms with Crippen molar-refractivity contribution in [2.45, 2.75) is 9.24 Å². The molecule has 0 aliphatic rings. The van der Waals surface area contributed by atoms with Gasteiger partial charge in [-0.15, -0.1) is 10.2 Å². The first kappa shape index (κ1) is 15.0. The molecule has 0 fully saturated rings. The lowest BCUT2D eigenvalue weighted by molar-refractivity contribution is 0.374. The summed E-state index contributed by atoms with van der Waals surface area (Å²) in [5.74, 6) is 0. The SMILES string of the molecule is Nc1ccc(S(=O)(=O)Nc2nnc(S(O)(O)O)s2)cc1. The number of nitrogens with two attached hydrogens (primary N) is 1. The molecule has 0 radical (unpaired) electrons. The quantitative estimate of drug-likeness (QED) is 0.524. The van der Waals surface area contributed by atoms with Crippen molar-refractivity contribution in [1.29, 1.82) is 0 Å². The summed E-state index contributed by atoms with van der Waals surface area (Å²) in [6.45, 7) is 0. The molecule has 1 heterocycles. The van der Waals surface area contributed by atoms with Crippen molar-refractivity contribution in [3.8, 4) is 0 Å². The van der Waals surface area contributed by atoms with Crippen LogP contribution in [0.4, 0.5) is 10.8 Å². The molecule has 12 heteroatoms. The predicted molar refractivity (Wildman–Crippen MR) is 75.3 cm³/mol. The molecule has 20 heavy (non-hydrogen) atoms. The van der Waals surface area contributed by atoms with Crippen molar-refractivity contribution in [3.05, 3.63) is 24.3 Å². The smallest absolute Gasteiger partial charge is 0.263 e. The zero-order chi connectivity index (χ0) is 15.0. The summed E-state index contributed by atoms with van der Waals surface area (Å²) in [7, 11) is -7.91. The molecule has 0 unspecified atom stereocenters. The van der Waals surface area contributed by atoms with Crippen LogP contribution in [-0.2, 0) is 10.0 Å². The van der Waals surface area contributed by atoms with E-state index in [4.69, 9.17) is 19.4 Å². The molecular formula is C8H10N4O5S3. The van der Waals surface area contributed by atoms with Crippen LogP contribution in [0.1, 0.15) is 0 Å². The summed E-state index contributed by atoms with van der Waals surface area (Å²) in [4.78, 5) is -0.0425. The Morgan fingerprint density at radius 1 is 1.10 bits per heavy atom. The van der Waals surface area contributed by atoms with Gasteiger partial charge < -0.3 is 19.4 Å². The second-order valence-corrected chi connectivity index (χ2v) is 7.91. The highest BCUT2D eigenvalue weighted by Gasteiger charge is 2.24. The van der Waals surface area contributed by atoms with Gasteiger partial charge in [0.1, 0.15) is 10.9 Å². The third-order valence-corrected chi connectivity index (χ3v) is 5.64. The van der Waals surface area contributed by atoms with Gasteiger partial charge in [-0.1, -0.05) is 11.3 Å². The first-order chi connectivity index (χ1) is 9.18. The second-order valence-electron chi connectivity index (χ2n) is 3.57. The fraction of sp³-hybridized carbons (Fsp3) is 0. The van der Waals surface area contributed by atoms with Crippen LogP contribution in [0.3, 0.4) is 0 Å². The molecule has 1 aromatic heterocycles.